The highest BCUT2D eigenvalue weighted by Gasteiger charge is 2.32. The van der Waals surface area contributed by atoms with Crippen LogP contribution in [0.25, 0.3) is 0 Å². The second-order valence-corrected chi connectivity index (χ2v) is 6.45. The molecule has 1 aliphatic rings. The monoisotopic (exact) mass is 514 g/mol. The van der Waals surface area contributed by atoms with Gasteiger partial charge in [-0.3, -0.25) is 4.79 Å². The number of carbonyl (C=O) groups is 1. The van der Waals surface area contributed by atoms with Gasteiger partial charge < -0.3 is 20.7 Å². The fourth-order valence-electron chi connectivity index (χ4n) is 3.15. The third-order valence-corrected chi connectivity index (χ3v) is 4.24. The number of likely N-dealkylation sites (tertiary alicyclic amines) is 1. The van der Waals surface area contributed by atoms with Crippen molar-refractivity contribution < 1.29 is 22.7 Å². The highest BCUT2D eigenvalue weighted by atomic mass is 127. The van der Waals surface area contributed by atoms with Crippen molar-refractivity contribution in [2.75, 3.05) is 19.6 Å². The second-order valence-electron chi connectivity index (χ2n) is 6.45. The molecule has 6 nitrogen and oxygen atoms in total. The Hall–Kier alpha value is -1.72. The molecule has 1 aromatic carbocycles. The van der Waals surface area contributed by atoms with E-state index in [1.54, 1.807) is 12.1 Å². The van der Waals surface area contributed by atoms with Gasteiger partial charge in [0.05, 0.1) is 6.54 Å². The molecule has 1 aliphatic heterocycles. The number of hydrogen-bond donors (Lipinski definition) is 2. The average molecular weight is 514 g/mol. The van der Waals surface area contributed by atoms with E-state index in [0.29, 0.717) is 31.0 Å². The number of amides is 1. The fraction of sp³-hybridized carbons (Fsp3) is 0.556. The Morgan fingerprint density at radius 2 is 2.11 bits per heavy atom. The van der Waals surface area contributed by atoms with Crippen molar-refractivity contribution in [2.45, 2.75) is 39.1 Å². The van der Waals surface area contributed by atoms with Crippen molar-refractivity contribution in [1.29, 1.82) is 0 Å². The van der Waals surface area contributed by atoms with Gasteiger partial charge in [0, 0.05) is 31.6 Å². The molecule has 158 valence electrons. The number of alkyl halides is 3. The molecule has 1 unspecified atom stereocenters. The number of nitrogens with two attached hydrogens (primary N) is 1. The Bertz CT molecular complexity index is 670. The first-order chi connectivity index (χ1) is 12.8. The quantitative estimate of drug-likeness (QED) is 0.347. The molecule has 0 bridgehead atoms. The molecule has 0 aromatic heterocycles. The van der Waals surface area contributed by atoms with Crippen LogP contribution in [0.1, 0.15) is 31.7 Å². The molecule has 0 saturated carbocycles. The minimum Gasteiger partial charge on any atom is -0.405 e. The summed E-state index contributed by atoms with van der Waals surface area (Å²) in [6.07, 6.45) is -2.62. The third-order valence-electron chi connectivity index (χ3n) is 4.24. The molecule has 1 atom stereocenters. The number of nitrogens with zero attached hydrogens (tertiary/aromatic N) is 2. The van der Waals surface area contributed by atoms with Crippen molar-refractivity contribution in [3.63, 3.8) is 0 Å². The first-order valence-corrected chi connectivity index (χ1v) is 8.93. The minimum atomic E-state index is -4.75. The number of piperidine rings is 1. The number of rotatable bonds is 6. The maximum atomic E-state index is 12.6. The number of aliphatic imine (C=N–C) groups is 1. The second kappa shape index (κ2) is 11.3. The van der Waals surface area contributed by atoms with E-state index >= 15 is 0 Å². The van der Waals surface area contributed by atoms with Crippen LogP contribution >= 0.6 is 24.0 Å². The number of carbonyl (C=O) groups excluding carboxylic acids is 1. The highest BCUT2D eigenvalue weighted by Crippen LogP contribution is 2.27. The van der Waals surface area contributed by atoms with Crippen LogP contribution in [0.2, 0.25) is 0 Å². The van der Waals surface area contributed by atoms with Gasteiger partial charge in [-0.15, -0.1) is 37.1 Å². The fourth-order valence-corrected chi connectivity index (χ4v) is 3.15. The number of benzene rings is 1. The molecule has 2 rings (SSSR count). The number of para-hydroxylation sites is 1. The number of nitrogens with one attached hydrogen (secondary N) is 1. The summed E-state index contributed by atoms with van der Waals surface area (Å²) >= 11 is 0. The lowest BCUT2D eigenvalue weighted by molar-refractivity contribution is -0.274. The number of guanidine groups is 1. The highest BCUT2D eigenvalue weighted by molar-refractivity contribution is 14.0. The molecular formula is C18H26F3IN4O2. The Morgan fingerprint density at radius 3 is 2.75 bits per heavy atom. The molecule has 1 heterocycles. The average Bonchev–Trinajstić information content (AvgIpc) is 2.58. The maximum absolute atomic E-state index is 12.6. The van der Waals surface area contributed by atoms with Gasteiger partial charge in [0.15, 0.2) is 5.96 Å². The van der Waals surface area contributed by atoms with Gasteiger partial charge in [-0.05, 0) is 31.7 Å². The van der Waals surface area contributed by atoms with E-state index in [2.05, 4.69) is 15.0 Å². The molecule has 0 spiro atoms. The van der Waals surface area contributed by atoms with Crippen LogP contribution in [-0.2, 0) is 11.3 Å². The topological polar surface area (TPSA) is 80.0 Å². The summed E-state index contributed by atoms with van der Waals surface area (Å²) in [5.41, 5.74) is 5.64. The SMILES string of the molecule is CCNC(=NCc1ccccc1OC(F)(F)F)N1CCCC(CC(N)=O)C1.I. The smallest absolute Gasteiger partial charge is 0.405 e. The summed E-state index contributed by atoms with van der Waals surface area (Å²) in [5, 5.41) is 3.16. The summed E-state index contributed by atoms with van der Waals surface area (Å²) in [6, 6.07) is 5.96. The molecule has 3 N–H and O–H groups in total. The normalized spacial score (nSPS) is 17.6. The molecular weight excluding hydrogens is 488 g/mol. The lowest BCUT2D eigenvalue weighted by Crippen LogP contribution is -2.47. The van der Waals surface area contributed by atoms with Crippen LogP contribution in [0.4, 0.5) is 13.2 Å². The predicted octanol–water partition coefficient (Wildman–Crippen LogP) is 3.26. The van der Waals surface area contributed by atoms with Crippen molar-refractivity contribution >= 4 is 35.8 Å². The molecule has 0 radical (unpaired) electrons. The Balaban J connectivity index is 0.00000392. The standard InChI is InChI=1S/C18H25F3N4O2.HI/c1-2-23-17(25-9-5-6-13(12-25)10-16(22)26)24-11-14-7-3-4-8-15(14)27-18(19,20)21;/h3-4,7-8,13H,2,5-6,9-12H2,1H3,(H2,22,26)(H,23,24);1H. The third kappa shape index (κ3) is 8.11. The van der Waals surface area contributed by atoms with Crippen molar-refractivity contribution in [3.8, 4) is 5.75 Å². The Labute approximate surface area is 179 Å². The molecule has 1 fully saturated rings. The Morgan fingerprint density at radius 1 is 1.39 bits per heavy atom. The van der Waals surface area contributed by atoms with Crippen LogP contribution in [-0.4, -0.2) is 42.8 Å². The predicted molar refractivity (Wildman–Crippen MR) is 111 cm³/mol. The van der Waals surface area contributed by atoms with Gasteiger partial charge in [-0.1, -0.05) is 18.2 Å². The lowest BCUT2D eigenvalue weighted by atomic mass is 9.95. The number of hydrogen-bond acceptors (Lipinski definition) is 3. The maximum Gasteiger partial charge on any atom is 0.573 e. The van der Waals surface area contributed by atoms with Crippen LogP contribution < -0.4 is 15.8 Å². The van der Waals surface area contributed by atoms with Gasteiger partial charge in [-0.2, -0.15) is 0 Å². The van der Waals surface area contributed by atoms with Crippen LogP contribution in [0.15, 0.2) is 29.3 Å². The zero-order chi connectivity index (χ0) is 19.9. The molecule has 1 amide bonds. The van der Waals surface area contributed by atoms with Crippen molar-refractivity contribution in [1.82, 2.24) is 10.2 Å². The van der Waals surface area contributed by atoms with Crippen molar-refractivity contribution in [2.24, 2.45) is 16.6 Å². The summed E-state index contributed by atoms with van der Waals surface area (Å²) in [4.78, 5) is 17.7. The minimum absolute atomic E-state index is 0. The number of ether oxygens (including phenoxy) is 1. The van der Waals surface area contributed by atoms with Crippen LogP contribution in [0.5, 0.6) is 5.75 Å². The molecule has 1 aromatic rings. The summed E-state index contributed by atoms with van der Waals surface area (Å²) in [7, 11) is 0. The van der Waals surface area contributed by atoms with Gasteiger partial charge >= 0.3 is 6.36 Å². The van der Waals surface area contributed by atoms with Crippen LogP contribution in [0, 0.1) is 5.92 Å². The van der Waals surface area contributed by atoms with E-state index in [1.165, 1.54) is 12.1 Å². The van der Waals surface area contributed by atoms with Gasteiger partial charge in [0.25, 0.3) is 0 Å². The summed E-state index contributed by atoms with van der Waals surface area (Å²) in [6.45, 7) is 3.99. The van der Waals surface area contributed by atoms with Gasteiger partial charge in [-0.25, -0.2) is 4.99 Å². The van der Waals surface area contributed by atoms with E-state index in [1.807, 2.05) is 11.8 Å². The zero-order valence-corrected chi connectivity index (χ0v) is 18.0. The molecule has 28 heavy (non-hydrogen) atoms. The van der Waals surface area contributed by atoms with E-state index in [4.69, 9.17) is 5.73 Å². The molecule has 1 saturated heterocycles. The van der Waals surface area contributed by atoms with E-state index in [9.17, 15) is 18.0 Å². The molecule has 10 heteroatoms. The first kappa shape index (κ1) is 24.3. The number of halogens is 4. The van der Waals surface area contributed by atoms with Gasteiger partial charge in [0.2, 0.25) is 5.91 Å². The van der Waals surface area contributed by atoms with Crippen molar-refractivity contribution in [3.05, 3.63) is 29.8 Å². The number of primary amides is 1. The van der Waals surface area contributed by atoms with E-state index in [-0.39, 0.29) is 48.1 Å². The van der Waals surface area contributed by atoms with Crippen LogP contribution in [0.3, 0.4) is 0 Å². The summed E-state index contributed by atoms with van der Waals surface area (Å²) in [5.74, 6) is 0.173. The first-order valence-electron chi connectivity index (χ1n) is 8.93. The van der Waals surface area contributed by atoms with Gasteiger partial charge in [0.1, 0.15) is 5.75 Å². The zero-order valence-electron chi connectivity index (χ0n) is 15.7. The molecule has 0 aliphatic carbocycles. The Kier molecular flexibility index (Phi) is 9.83. The lowest BCUT2D eigenvalue weighted by Gasteiger charge is -2.34. The largest absolute Gasteiger partial charge is 0.573 e. The van der Waals surface area contributed by atoms with E-state index in [0.717, 1.165) is 19.4 Å². The van der Waals surface area contributed by atoms with E-state index < -0.39 is 6.36 Å². The summed E-state index contributed by atoms with van der Waals surface area (Å²) < 4.78 is 41.8.